The quantitative estimate of drug-likeness (QED) is 0.856. The lowest BCUT2D eigenvalue weighted by molar-refractivity contribution is 0.0786. The Labute approximate surface area is 115 Å². The average Bonchev–Trinajstić information content (AvgIpc) is 3.17. The molecule has 0 aromatic heterocycles. The van der Waals surface area contributed by atoms with Gasteiger partial charge < -0.3 is 15.2 Å². The predicted octanol–water partition coefficient (Wildman–Crippen LogP) is 3.00. The van der Waals surface area contributed by atoms with Crippen molar-refractivity contribution in [3.8, 4) is 5.75 Å². The fraction of sp³-hybridized carbons (Fsp3) is 0.625. The number of hydrogen-bond acceptors (Lipinski definition) is 3. The summed E-state index contributed by atoms with van der Waals surface area (Å²) in [7, 11) is 0. The number of para-hydroxylation sites is 1. The summed E-state index contributed by atoms with van der Waals surface area (Å²) >= 11 is 0. The molecule has 1 saturated heterocycles. The van der Waals surface area contributed by atoms with Crippen molar-refractivity contribution in [2.24, 2.45) is 5.92 Å². The van der Waals surface area contributed by atoms with Crippen LogP contribution in [0.15, 0.2) is 24.3 Å². The molecule has 104 valence electrons. The van der Waals surface area contributed by atoms with E-state index in [1.54, 1.807) is 6.07 Å². The number of nitrogens with one attached hydrogen (secondary N) is 1. The molecule has 2 N–H and O–H groups in total. The van der Waals surface area contributed by atoms with E-state index < -0.39 is 0 Å². The molecule has 2 aliphatic rings. The van der Waals surface area contributed by atoms with Crippen LogP contribution in [0.5, 0.6) is 5.75 Å². The first-order valence-electron chi connectivity index (χ1n) is 7.45. The van der Waals surface area contributed by atoms with Crippen molar-refractivity contribution in [3.05, 3.63) is 29.8 Å². The van der Waals surface area contributed by atoms with Crippen molar-refractivity contribution in [1.29, 1.82) is 0 Å². The molecule has 1 aliphatic carbocycles. The fourth-order valence-corrected chi connectivity index (χ4v) is 3.15. The molecule has 1 heterocycles. The summed E-state index contributed by atoms with van der Waals surface area (Å²) in [5, 5.41) is 13.7. The van der Waals surface area contributed by atoms with Crippen molar-refractivity contribution in [2.75, 3.05) is 6.61 Å². The molecule has 3 unspecified atom stereocenters. The Bertz CT molecular complexity index is 431. The zero-order valence-electron chi connectivity index (χ0n) is 11.5. The van der Waals surface area contributed by atoms with Gasteiger partial charge in [0, 0.05) is 24.3 Å². The van der Waals surface area contributed by atoms with Crippen LogP contribution < -0.4 is 5.32 Å². The van der Waals surface area contributed by atoms with Crippen LogP contribution in [0.4, 0.5) is 0 Å². The van der Waals surface area contributed by atoms with Gasteiger partial charge in [-0.1, -0.05) is 25.1 Å². The Kier molecular flexibility index (Phi) is 3.76. The Balaban J connectivity index is 1.71. The topological polar surface area (TPSA) is 41.5 Å². The highest BCUT2D eigenvalue weighted by atomic mass is 16.5. The second kappa shape index (κ2) is 5.51. The van der Waals surface area contributed by atoms with Crippen LogP contribution in [0.3, 0.4) is 0 Å². The number of ether oxygens (including phenoxy) is 1. The number of phenolic OH excluding ortho intramolecular Hbond substituents is 1. The first-order chi connectivity index (χ1) is 9.29. The lowest BCUT2D eigenvalue weighted by Crippen LogP contribution is -2.39. The first kappa shape index (κ1) is 12.9. The normalized spacial score (nSPS) is 28.5. The van der Waals surface area contributed by atoms with Crippen LogP contribution in [-0.4, -0.2) is 23.9 Å². The summed E-state index contributed by atoms with van der Waals surface area (Å²) < 4.78 is 5.88. The van der Waals surface area contributed by atoms with E-state index in [0.29, 0.717) is 17.9 Å². The van der Waals surface area contributed by atoms with E-state index in [4.69, 9.17) is 4.74 Å². The molecule has 3 nitrogen and oxygen atoms in total. The van der Waals surface area contributed by atoms with Gasteiger partial charge in [0.2, 0.25) is 0 Å². The molecule has 0 amide bonds. The zero-order valence-corrected chi connectivity index (χ0v) is 11.5. The van der Waals surface area contributed by atoms with Crippen molar-refractivity contribution in [1.82, 2.24) is 5.32 Å². The minimum Gasteiger partial charge on any atom is -0.508 e. The van der Waals surface area contributed by atoms with E-state index in [2.05, 4.69) is 12.2 Å². The number of phenols is 1. The summed E-state index contributed by atoms with van der Waals surface area (Å²) in [6, 6.07) is 8.30. The highest BCUT2D eigenvalue weighted by molar-refractivity contribution is 5.34. The van der Waals surface area contributed by atoms with E-state index in [1.165, 1.54) is 12.8 Å². The molecule has 1 aromatic rings. The second-order valence-electron chi connectivity index (χ2n) is 5.75. The Morgan fingerprint density at radius 2 is 2.11 bits per heavy atom. The van der Waals surface area contributed by atoms with Crippen LogP contribution in [0, 0.1) is 5.92 Å². The molecule has 0 spiro atoms. The second-order valence-corrected chi connectivity index (χ2v) is 5.75. The van der Waals surface area contributed by atoms with Crippen molar-refractivity contribution in [2.45, 2.75) is 50.8 Å². The summed E-state index contributed by atoms with van der Waals surface area (Å²) in [5.41, 5.74) is 1.01. The van der Waals surface area contributed by atoms with E-state index >= 15 is 0 Å². The number of rotatable bonds is 5. The zero-order chi connectivity index (χ0) is 13.2. The monoisotopic (exact) mass is 261 g/mol. The number of benzene rings is 1. The third-order valence-corrected chi connectivity index (χ3v) is 4.36. The lowest BCUT2D eigenvalue weighted by atomic mass is 9.99. The van der Waals surface area contributed by atoms with Crippen LogP contribution in [0.25, 0.3) is 0 Å². The summed E-state index contributed by atoms with van der Waals surface area (Å²) in [6.45, 7) is 3.03. The van der Waals surface area contributed by atoms with Gasteiger partial charge in [0.05, 0.1) is 6.10 Å². The standard InChI is InChI=1S/C16H23NO2/c1-2-13(12-5-3-4-6-15(12)18)17-14-9-10-19-16(14)11-7-8-11/h3-6,11,13-14,16-18H,2,7-10H2,1H3. The molecule has 19 heavy (non-hydrogen) atoms. The minimum absolute atomic E-state index is 0.217. The third-order valence-electron chi connectivity index (χ3n) is 4.36. The van der Waals surface area contributed by atoms with Crippen molar-refractivity contribution in [3.63, 3.8) is 0 Å². The largest absolute Gasteiger partial charge is 0.508 e. The van der Waals surface area contributed by atoms with E-state index in [-0.39, 0.29) is 6.04 Å². The molecule has 3 atom stereocenters. The fourth-order valence-electron chi connectivity index (χ4n) is 3.15. The SMILES string of the molecule is CCC(NC1CCOC1C1CC1)c1ccccc1O. The van der Waals surface area contributed by atoms with Gasteiger partial charge in [-0.05, 0) is 37.7 Å². The van der Waals surface area contributed by atoms with Gasteiger partial charge in [0.1, 0.15) is 5.75 Å². The van der Waals surface area contributed by atoms with Gasteiger partial charge in [-0.2, -0.15) is 0 Å². The molecule has 3 heteroatoms. The van der Waals surface area contributed by atoms with Crippen molar-refractivity contribution < 1.29 is 9.84 Å². The van der Waals surface area contributed by atoms with Crippen LogP contribution in [0.2, 0.25) is 0 Å². The molecule has 1 aliphatic heterocycles. The van der Waals surface area contributed by atoms with Crippen LogP contribution >= 0.6 is 0 Å². The predicted molar refractivity (Wildman–Crippen MR) is 75.1 cm³/mol. The minimum atomic E-state index is 0.217. The van der Waals surface area contributed by atoms with E-state index in [0.717, 1.165) is 30.9 Å². The molecule has 0 radical (unpaired) electrons. The molecule has 1 saturated carbocycles. The lowest BCUT2D eigenvalue weighted by Gasteiger charge is -2.26. The summed E-state index contributed by atoms with van der Waals surface area (Å²) in [4.78, 5) is 0. The maximum atomic E-state index is 10.0. The molecule has 3 rings (SSSR count). The van der Waals surface area contributed by atoms with Gasteiger partial charge in [0.15, 0.2) is 0 Å². The van der Waals surface area contributed by atoms with E-state index in [1.807, 2.05) is 18.2 Å². The highest BCUT2D eigenvalue weighted by Crippen LogP contribution is 2.39. The Hall–Kier alpha value is -1.06. The highest BCUT2D eigenvalue weighted by Gasteiger charge is 2.41. The molecular weight excluding hydrogens is 238 g/mol. The maximum Gasteiger partial charge on any atom is 0.120 e. The number of aromatic hydroxyl groups is 1. The van der Waals surface area contributed by atoms with Crippen molar-refractivity contribution >= 4 is 0 Å². The molecule has 0 bridgehead atoms. The van der Waals surface area contributed by atoms with Crippen LogP contribution in [-0.2, 0) is 4.74 Å². The average molecular weight is 261 g/mol. The molecule has 1 aromatic carbocycles. The van der Waals surface area contributed by atoms with Crippen LogP contribution in [0.1, 0.15) is 44.2 Å². The summed E-state index contributed by atoms with van der Waals surface area (Å²) in [6.07, 6.45) is 5.09. The van der Waals surface area contributed by atoms with Gasteiger partial charge in [-0.3, -0.25) is 0 Å². The molecular formula is C16H23NO2. The summed E-state index contributed by atoms with van der Waals surface area (Å²) in [5.74, 6) is 1.16. The van der Waals surface area contributed by atoms with Gasteiger partial charge >= 0.3 is 0 Å². The van der Waals surface area contributed by atoms with Gasteiger partial charge in [0.25, 0.3) is 0 Å². The maximum absolute atomic E-state index is 10.0. The third kappa shape index (κ3) is 2.77. The van der Waals surface area contributed by atoms with Gasteiger partial charge in [-0.15, -0.1) is 0 Å². The first-order valence-corrected chi connectivity index (χ1v) is 7.45. The number of hydrogen-bond donors (Lipinski definition) is 2. The smallest absolute Gasteiger partial charge is 0.120 e. The van der Waals surface area contributed by atoms with E-state index in [9.17, 15) is 5.11 Å². The Morgan fingerprint density at radius 1 is 1.32 bits per heavy atom. The molecule has 2 fully saturated rings. The Morgan fingerprint density at radius 3 is 2.79 bits per heavy atom. The van der Waals surface area contributed by atoms with Gasteiger partial charge in [-0.25, -0.2) is 0 Å².